The number of carbonyl (C=O) groups is 1. The fraction of sp³-hybridized carbons (Fsp3) is 0.462. The van der Waals surface area contributed by atoms with Crippen molar-refractivity contribution < 1.29 is 9.90 Å². The lowest BCUT2D eigenvalue weighted by molar-refractivity contribution is -0.142. The van der Waals surface area contributed by atoms with Crippen LogP contribution < -0.4 is 5.32 Å². The second kappa shape index (κ2) is 4.45. The highest BCUT2D eigenvalue weighted by molar-refractivity contribution is 7.18. The smallest absolute Gasteiger partial charge is 0.329 e. The number of carboxylic acid groups (broad SMARTS) is 1. The Hall–Kier alpha value is -1.69. The first kappa shape index (κ1) is 12.3. The average molecular weight is 277 g/mol. The molecule has 2 heterocycles. The third-order valence-electron chi connectivity index (χ3n) is 3.76. The van der Waals surface area contributed by atoms with Crippen molar-refractivity contribution in [2.24, 2.45) is 0 Å². The highest BCUT2D eigenvalue weighted by atomic mass is 32.1. The molecule has 1 aliphatic rings. The summed E-state index contributed by atoms with van der Waals surface area (Å²) in [4.78, 5) is 20.1. The van der Waals surface area contributed by atoms with Crippen LogP contribution in [0.1, 0.15) is 31.2 Å². The van der Waals surface area contributed by atoms with Crippen LogP contribution in [-0.4, -0.2) is 26.6 Å². The number of rotatable bonds is 3. The van der Waals surface area contributed by atoms with Crippen LogP contribution in [0.15, 0.2) is 11.7 Å². The van der Waals surface area contributed by atoms with Crippen LogP contribution in [0.2, 0.25) is 0 Å². The Balaban J connectivity index is 2.03. The van der Waals surface area contributed by atoms with Gasteiger partial charge in [0.2, 0.25) is 0 Å². The van der Waals surface area contributed by atoms with Gasteiger partial charge in [0.15, 0.2) is 0 Å². The van der Waals surface area contributed by atoms with Gasteiger partial charge < -0.3 is 10.4 Å². The van der Waals surface area contributed by atoms with Crippen molar-refractivity contribution in [2.75, 3.05) is 5.32 Å². The third kappa shape index (κ3) is 1.96. The first-order valence-electron chi connectivity index (χ1n) is 6.33. The van der Waals surface area contributed by atoms with E-state index < -0.39 is 11.5 Å². The summed E-state index contributed by atoms with van der Waals surface area (Å²) in [7, 11) is 0. The molecule has 0 radical (unpaired) electrons. The van der Waals surface area contributed by atoms with E-state index >= 15 is 0 Å². The van der Waals surface area contributed by atoms with Gasteiger partial charge in [-0.25, -0.2) is 14.8 Å². The molecule has 0 aliphatic heterocycles. The minimum atomic E-state index is -0.862. The topological polar surface area (TPSA) is 75.1 Å². The second-order valence-corrected chi connectivity index (χ2v) is 5.92. The fourth-order valence-electron chi connectivity index (χ4n) is 2.66. The number of anilines is 1. The molecule has 1 saturated carbocycles. The summed E-state index contributed by atoms with van der Waals surface area (Å²) in [5, 5.41) is 14.7. The van der Waals surface area contributed by atoms with E-state index in [1.165, 1.54) is 6.33 Å². The molecule has 1 fully saturated rings. The van der Waals surface area contributed by atoms with Crippen LogP contribution >= 0.6 is 11.3 Å². The molecule has 5 nitrogen and oxygen atoms in total. The van der Waals surface area contributed by atoms with Crippen molar-refractivity contribution in [2.45, 2.75) is 38.1 Å². The SMILES string of the molecule is Cc1csc2c(NC3(C(=O)O)CCCC3)ncnc12. The van der Waals surface area contributed by atoms with Gasteiger partial charge in [0.05, 0.1) is 10.2 Å². The van der Waals surface area contributed by atoms with Gasteiger partial charge in [-0.05, 0) is 30.7 Å². The van der Waals surface area contributed by atoms with Gasteiger partial charge in [-0.1, -0.05) is 12.8 Å². The Morgan fingerprint density at radius 1 is 1.42 bits per heavy atom. The Morgan fingerprint density at radius 3 is 2.84 bits per heavy atom. The predicted octanol–water partition coefficient (Wildman–Crippen LogP) is 2.81. The minimum absolute atomic E-state index is 0.646. The van der Waals surface area contributed by atoms with Crippen molar-refractivity contribution in [3.8, 4) is 0 Å². The Morgan fingerprint density at radius 2 is 2.16 bits per heavy atom. The lowest BCUT2D eigenvalue weighted by Gasteiger charge is -2.26. The van der Waals surface area contributed by atoms with Crippen molar-refractivity contribution in [1.29, 1.82) is 0 Å². The van der Waals surface area contributed by atoms with E-state index in [4.69, 9.17) is 0 Å². The zero-order valence-corrected chi connectivity index (χ0v) is 11.5. The van der Waals surface area contributed by atoms with E-state index in [0.717, 1.165) is 28.6 Å². The highest BCUT2D eigenvalue weighted by Gasteiger charge is 2.42. The number of hydrogen-bond donors (Lipinski definition) is 2. The van der Waals surface area contributed by atoms with Crippen molar-refractivity contribution >= 4 is 33.3 Å². The molecule has 2 aromatic heterocycles. The van der Waals surface area contributed by atoms with E-state index in [2.05, 4.69) is 15.3 Å². The predicted molar refractivity (Wildman–Crippen MR) is 74.6 cm³/mol. The summed E-state index contributed by atoms with van der Waals surface area (Å²) in [5.74, 6) is -0.141. The van der Waals surface area contributed by atoms with Gasteiger partial charge in [-0.2, -0.15) is 0 Å². The molecule has 6 heteroatoms. The number of hydrogen-bond acceptors (Lipinski definition) is 5. The van der Waals surface area contributed by atoms with E-state index in [-0.39, 0.29) is 0 Å². The van der Waals surface area contributed by atoms with Crippen LogP contribution in [0.4, 0.5) is 5.82 Å². The Bertz CT molecular complexity index is 632. The zero-order valence-electron chi connectivity index (χ0n) is 10.6. The molecule has 0 atom stereocenters. The molecule has 0 saturated heterocycles. The van der Waals surface area contributed by atoms with Crippen LogP contribution in [0.5, 0.6) is 0 Å². The van der Waals surface area contributed by atoms with Crippen LogP contribution in [0.3, 0.4) is 0 Å². The number of carboxylic acids is 1. The standard InChI is InChI=1S/C13H15N3O2S/c1-8-6-19-10-9(8)14-7-15-11(10)16-13(12(17)18)4-2-3-5-13/h6-7H,2-5H2,1H3,(H,17,18)(H,14,15,16). The molecular formula is C13H15N3O2S. The fourth-order valence-corrected chi connectivity index (χ4v) is 3.60. The molecule has 0 aromatic carbocycles. The van der Waals surface area contributed by atoms with Gasteiger partial charge in [0, 0.05) is 0 Å². The maximum atomic E-state index is 11.6. The summed E-state index contributed by atoms with van der Waals surface area (Å²) in [6, 6.07) is 0. The maximum Gasteiger partial charge on any atom is 0.329 e. The lowest BCUT2D eigenvalue weighted by Crippen LogP contribution is -2.43. The molecule has 3 rings (SSSR count). The van der Waals surface area contributed by atoms with Crippen LogP contribution in [-0.2, 0) is 4.79 Å². The van der Waals surface area contributed by atoms with Crippen molar-refractivity contribution in [1.82, 2.24) is 9.97 Å². The normalized spacial score (nSPS) is 17.7. The van der Waals surface area contributed by atoms with Gasteiger partial charge in [-0.15, -0.1) is 11.3 Å². The van der Waals surface area contributed by atoms with Crippen molar-refractivity contribution in [3.05, 3.63) is 17.3 Å². The van der Waals surface area contributed by atoms with E-state index in [9.17, 15) is 9.90 Å². The summed E-state index contributed by atoms with van der Waals surface area (Å²) in [6.45, 7) is 2.00. The molecule has 2 N–H and O–H groups in total. The molecule has 0 spiro atoms. The summed E-state index contributed by atoms with van der Waals surface area (Å²) in [6.07, 6.45) is 4.68. The largest absolute Gasteiger partial charge is 0.480 e. The third-order valence-corrected chi connectivity index (χ3v) is 4.85. The number of thiophene rings is 1. The molecule has 19 heavy (non-hydrogen) atoms. The minimum Gasteiger partial charge on any atom is -0.480 e. The van der Waals surface area contributed by atoms with Crippen molar-refractivity contribution in [3.63, 3.8) is 0 Å². The van der Waals surface area contributed by atoms with Gasteiger partial charge >= 0.3 is 5.97 Å². The maximum absolute atomic E-state index is 11.6. The summed E-state index contributed by atoms with van der Waals surface area (Å²) in [5.41, 5.74) is 1.14. The van der Waals surface area contributed by atoms with E-state index in [1.807, 2.05) is 12.3 Å². The number of aryl methyl sites for hydroxylation is 1. The van der Waals surface area contributed by atoms with Gasteiger partial charge in [0.1, 0.15) is 17.7 Å². The highest BCUT2D eigenvalue weighted by Crippen LogP contribution is 2.36. The van der Waals surface area contributed by atoms with E-state index in [0.29, 0.717) is 18.7 Å². The first-order chi connectivity index (χ1) is 9.12. The molecule has 0 amide bonds. The molecule has 0 unspecified atom stereocenters. The molecular weight excluding hydrogens is 262 g/mol. The quantitative estimate of drug-likeness (QED) is 0.902. The van der Waals surface area contributed by atoms with E-state index in [1.54, 1.807) is 11.3 Å². The number of aliphatic carboxylic acids is 1. The molecule has 0 bridgehead atoms. The lowest BCUT2D eigenvalue weighted by atomic mass is 9.98. The number of nitrogens with one attached hydrogen (secondary N) is 1. The Kier molecular flexibility index (Phi) is 2.89. The first-order valence-corrected chi connectivity index (χ1v) is 7.21. The summed E-state index contributed by atoms with van der Waals surface area (Å²) < 4.78 is 0.938. The van der Waals surface area contributed by atoms with Crippen LogP contribution in [0.25, 0.3) is 10.2 Å². The van der Waals surface area contributed by atoms with Gasteiger partial charge in [0.25, 0.3) is 0 Å². The monoisotopic (exact) mass is 277 g/mol. The Labute approximate surface area is 114 Å². The second-order valence-electron chi connectivity index (χ2n) is 5.04. The van der Waals surface area contributed by atoms with Gasteiger partial charge in [-0.3, -0.25) is 0 Å². The number of fused-ring (bicyclic) bond motifs is 1. The molecule has 100 valence electrons. The molecule has 1 aliphatic carbocycles. The average Bonchev–Trinajstić information content (AvgIpc) is 2.99. The number of aromatic nitrogens is 2. The zero-order chi connectivity index (χ0) is 13.5. The van der Waals surface area contributed by atoms with Crippen LogP contribution in [0, 0.1) is 6.92 Å². The number of nitrogens with zero attached hydrogens (tertiary/aromatic N) is 2. The molecule has 2 aromatic rings. The summed E-state index contributed by atoms with van der Waals surface area (Å²) >= 11 is 1.55.